The van der Waals surface area contributed by atoms with E-state index >= 15 is 0 Å². The van der Waals surface area contributed by atoms with Crippen molar-refractivity contribution in [1.29, 1.82) is 0 Å². The minimum absolute atomic E-state index is 0.144. The Hall–Kier alpha value is -3.27. The average molecular weight is 456 g/mol. The summed E-state index contributed by atoms with van der Waals surface area (Å²) in [5, 5.41) is 16.3. The molecule has 0 bridgehead atoms. The van der Waals surface area contributed by atoms with Gasteiger partial charge in [-0.3, -0.25) is 0 Å². The van der Waals surface area contributed by atoms with Gasteiger partial charge in [0.25, 0.3) is 0 Å². The van der Waals surface area contributed by atoms with Crippen LogP contribution < -0.4 is 21.3 Å². The summed E-state index contributed by atoms with van der Waals surface area (Å²) in [5.41, 5.74) is 10.0. The summed E-state index contributed by atoms with van der Waals surface area (Å²) in [5.74, 6) is -0.771. The molecule has 2 heterocycles. The number of anilines is 4. The number of nitrogens with two attached hydrogens (primary N) is 1. The van der Waals surface area contributed by atoms with Crippen molar-refractivity contribution in [3.63, 3.8) is 0 Å². The number of aryl methyl sites for hydroxylation is 1. The van der Waals surface area contributed by atoms with E-state index in [0.717, 1.165) is 49.3 Å². The first kappa shape index (κ1) is 22.9. The molecule has 1 aliphatic heterocycles. The van der Waals surface area contributed by atoms with E-state index in [1.165, 1.54) is 18.3 Å². The lowest BCUT2D eigenvalue weighted by molar-refractivity contribution is 0.122. The number of hydrogen-bond donors (Lipinski definition) is 4. The molecule has 1 saturated heterocycles. The van der Waals surface area contributed by atoms with E-state index in [2.05, 4.69) is 32.7 Å². The minimum Gasteiger partial charge on any atom is -0.380 e. The van der Waals surface area contributed by atoms with Gasteiger partial charge in [0, 0.05) is 60.6 Å². The minimum atomic E-state index is -1.26. The van der Waals surface area contributed by atoms with Crippen molar-refractivity contribution in [3.05, 3.63) is 77.0 Å². The molecule has 1 aromatic heterocycles. The van der Waals surface area contributed by atoms with Crippen LogP contribution >= 0.6 is 0 Å². The Labute approximate surface area is 191 Å². The number of halogens is 2. The number of nitrogens with zero attached hydrogens (tertiary/aromatic N) is 2. The summed E-state index contributed by atoms with van der Waals surface area (Å²) in [6.07, 6.45) is 0.215. The van der Waals surface area contributed by atoms with Gasteiger partial charge >= 0.3 is 0 Å². The van der Waals surface area contributed by atoms with Gasteiger partial charge in [-0.05, 0) is 48.4 Å². The number of rotatable bonds is 7. The molecule has 1 unspecified atom stereocenters. The summed E-state index contributed by atoms with van der Waals surface area (Å²) in [6, 6.07) is 11.2. The van der Waals surface area contributed by atoms with Crippen LogP contribution in [0.1, 0.15) is 22.9 Å². The van der Waals surface area contributed by atoms with E-state index in [1.54, 1.807) is 6.07 Å². The number of nitrogens with one attached hydrogen (secondary N) is 2. The smallest absolute Gasteiger partial charge is 0.132 e. The maximum atomic E-state index is 13.5. The van der Waals surface area contributed by atoms with Gasteiger partial charge in [0.1, 0.15) is 23.7 Å². The fourth-order valence-corrected chi connectivity index (χ4v) is 3.78. The molecule has 1 aliphatic rings. The molecule has 4 rings (SSSR count). The summed E-state index contributed by atoms with van der Waals surface area (Å²) < 4.78 is 32.4. The van der Waals surface area contributed by atoms with Crippen LogP contribution in [0.4, 0.5) is 31.7 Å². The van der Waals surface area contributed by atoms with Crippen LogP contribution in [-0.2, 0) is 11.3 Å². The zero-order chi connectivity index (χ0) is 23.4. The molecule has 0 saturated carbocycles. The fourth-order valence-electron chi connectivity index (χ4n) is 3.78. The topological polar surface area (TPSA) is 95.7 Å². The van der Waals surface area contributed by atoms with Crippen LogP contribution in [0.5, 0.6) is 0 Å². The van der Waals surface area contributed by atoms with E-state index in [4.69, 9.17) is 10.5 Å². The van der Waals surface area contributed by atoms with E-state index in [0.29, 0.717) is 22.6 Å². The highest BCUT2D eigenvalue weighted by Crippen LogP contribution is 2.28. The first-order valence-electron chi connectivity index (χ1n) is 10.7. The SMILES string of the molecule is Cc1cc(N2CCOCC2)ccc1Nc1cc(NCc2cc(F)cc(F)c2)c(C(N)O)cn1. The first-order chi connectivity index (χ1) is 15.9. The standard InChI is InChI=1S/C24H27F2N5O2/c1-15-8-19(31-4-6-33-7-5-31)2-3-21(15)30-23-12-22(20(14-29-23)24(27)32)28-13-16-9-17(25)11-18(26)10-16/h2-3,8-12,14,24,32H,4-7,13,27H2,1H3,(H2,28,29,30). The fraction of sp³-hybridized carbons (Fsp3) is 0.292. The molecule has 7 nitrogen and oxygen atoms in total. The number of aliphatic hydroxyl groups is 1. The molecule has 0 spiro atoms. The first-order valence-corrected chi connectivity index (χ1v) is 10.7. The Kier molecular flexibility index (Phi) is 7.02. The molecular weight excluding hydrogens is 428 g/mol. The quantitative estimate of drug-likeness (QED) is 0.403. The van der Waals surface area contributed by atoms with Gasteiger partial charge in [-0.2, -0.15) is 0 Å². The zero-order valence-electron chi connectivity index (χ0n) is 18.3. The van der Waals surface area contributed by atoms with Crippen LogP contribution in [0.3, 0.4) is 0 Å². The highest BCUT2D eigenvalue weighted by Gasteiger charge is 2.14. The second-order valence-electron chi connectivity index (χ2n) is 7.96. The van der Waals surface area contributed by atoms with E-state index in [9.17, 15) is 13.9 Å². The molecule has 1 atom stereocenters. The van der Waals surface area contributed by atoms with Gasteiger partial charge in [-0.25, -0.2) is 13.8 Å². The van der Waals surface area contributed by atoms with E-state index in [1.807, 2.05) is 13.0 Å². The molecule has 33 heavy (non-hydrogen) atoms. The molecule has 0 radical (unpaired) electrons. The van der Waals surface area contributed by atoms with Crippen LogP contribution in [0.2, 0.25) is 0 Å². The van der Waals surface area contributed by atoms with E-state index in [-0.39, 0.29) is 6.54 Å². The van der Waals surface area contributed by atoms with Gasteiger partial charge in [0.2, 0.25) is 0 Å². The van der Waals surface area contributed by atoms with Crippen molar-refractivity contribution in [2.24, 2.45) is 5.73 Å². The molecule has 0 aliphatic carbocycles. The van der Waals surface area contributed by atoms with Crippen LogP contribution in [0, 0.1) is 18.6 Å². The summed E-state index contributed by atoms with van der Waals surface area (Å²) >= 11 is 0. The maximum absolute atomic E-state index is 13.5. The number of aromatic nitrogens is 1. The third-order valence-corrected chi connectivity index (χ3v) is 5.51. The number of morpholine rings is 1. The van der Waals surface area contributed by atoms with Crippen LogP contribution in [-0.4, -0.2) is 36.4 Å². The van der Waals surface area contributed by atoms with Gasteiger partial charge < -0.3 is 31.1 Å². The molecule has 174 valence electrons. The van der Waals surface area contributed by atoms with Crippen LogP contribution in [0.25, 0.3) is 0 Å². The molecule has 3 aromatic rings. The normalized spacial score (nSPS) is 14.8. The lowest BCUT2D eigenvalue weighted by Crippen LogP contribution is -2.36. The van der Waals surface area contributed by atoms with Crippen molar-refractivity contribution >= 4 is 22.9 Å². The highest BCUT2D eigenvalue weighted by atomic mass is 19.1. The second kappa shape index (κ2) is 10.1. The Bertz CT molecular complexity index is 1100. The van der Waals surface area contributed by atoms with Gasteiger partial charge in [0.15, 0.2) is 0 Å². The number of aliphatic hydroxyl groups excluding tert-OH is 1. The van der Waals surface area contributed by atoms with Gasteiger partial charge in [-0.1, -0.05) is 0 Å². The van der Waals surface area contributed by atoms with Crippen molar-refractivity contribution in [2.45, 2.75) is 19.7 Å². The summed E-state index contributed by atoms with van der Waals surface area (Å²) in [6.45, 7) is 5.33. The lowest BCUT2D eigenvalue weighted by Gasteiger charge is -2.29. The number of ether oxygens (including phenoxy) is 1. The molecule has 2 aromatic carbocycles. The predicted octanol–water partition coefficient (Wildman–Crippen LogP) is 3.81. The summed E-state index contributed by atoms with van der Waals surface area (Å²) in [4.78, 5) is 6.64. The van der Waals surface area contributed by atoms with Crippen molar-refractivity contribution < 1.29 is 18.6 Å². The Balaban J connectivity index is 1.52. The largest absolute Gasteiger partial charge is 0.380 e. The molecule has 1 fully saturated rings. The van der Waals surface area contributed by atoms with Gasteiger partial charge in [-0.15, -0.1) is 0 Å². The van der Waals surface area contributed by atoms with Gasteiger partial charge in [0.05, 0.1) is 13.2 Å². The number of hydrogen-bond acceptors (Lipinski definition) is 7. The number of pyridine rings is 1. The molecule has 0 amide bonds. The van der Waals surface area contributed by atoms with Crippen molar-refractivity contribution in [2.75, 3.05) is 41.8 Å². The third kappa shape index (κ3) is 5.75. The summed E-state index contributed by atoms with van der Waals surface area (Å²) in [7, 11) is 0. The van der Waals surface area contributed by atoms with Crippen molar-refractivity contribution in [1.82, 2.24) is 4.98 Å². The van der Waals surface area contributed by atoms with Crippen molar-refractivity contribution in [3.8, 4) is 0 Å². The zero-order valence-corrected chi connectivity index (χ0v) is 18.3. The Morgan fingerprint density at radius 2 is 1.82 bits per heavy atom. The monoisotopic (exact) mass is 455 g/mol. The molecule has 9 heteroatoms. The second-order valence-corrected chi connectivity index (χ2v) is 7.96. The maximum Gasteiger partial charge on any atom is 0.132 e. The predicted molar refractivity (Wildman–Crippen MR) is 125 cm³/mol. The molecule has 5 N–H and O–H groups in total. The van der Waals surface area contributed by atoms with E-state index < -0.39 is 17.9 Å². The Morgan fingerprint density at radius 3 is 2.48 bits per heavy atom. The third-order valence-electron chi connectivity index (χ3n) is 5.51. The lowest BCUT2D eigenvalue weighted by atomic mass is 10.1. The highest BCUT2D eigenvalue weighted by molar-refractivity contribution is 5.68. The van der Waals surface area contributed by atoms with Crippen LogP contribution in [0.15, 0.2) is 48.7 Å². The number of benzene rings is 2. The average Bonchev–Trinajstić information content (AvgIpc) is 2.79. The Morgan fingerprint density at radius 1 is 1.09 bits per heavy atom. The molecular formula is C24H27F2N5O2.